The minimum Gasteiger partial charge on any atom is -0.465 e. The van der Waals surface area contributed by atoms with Crippen LogP contribution < -0.4 is 5.32 Å². The van der Waals surface area contributed by atoms with Gasteiger partial charge in [-0.05, 0) is 60.7 Å². The summed E-state index contributed by atoms with van der Waals surface area (Å²) in [5.74, 6) is -1.09. The summed E-state index contributed by atoms with van der Waals surface area (Å²) in [5, 5.41) is 2.84. The van der Waals surface area contributed by atoms with Gasteiger partial charge in [-0.15, -0.1) is 11.3 Å². The fourth-order valence-electron chi connectivity index (χ4n) is 4.39. The highest BCUT2D eigenvalue weighted by Gasteiger charge is 2.36. The van der Waals surface area contributed by atoms with E-state index in [1.165, 1.54) is 41.5 Å². The summed E-state index contributed by atoms with van der Waals surface area (Å²) in [4.78, 5) is 39.4. The van der Waals surface area contributed by atoms with Crippen LogP contribution in [0.5, 0.6) is 0 Å². The quantitative estimate of drug-likeness (QED) is 0.412. The number of halogens is 3. The fraction of sp³-hybridized carbons (Fsp3) is 0.296. The molecule has 0 bridgehead atoms. The monoisotopic (exact) mass is 530 g/mol. The molecule has 1 N–H and O–H groups in total. The molecule has 1 saturated heterocycles. The molecule has 10 heteroatoms. The van der Waals surface area contributed by atoms with Gasteiger partial charge in [-0.25, -0.2) is 4.79 Å². The van der Waals surface area contributed by atoms with Gasteiger partial charge in [0.1, 0.15) is 4.88 Å². The van der Waals surface area contributed by atoms with Gasteiger partial charge < -0.3 is 15.0 Å². The second kappa shape index (κ2) is 11.2. The van der Waals surface area contributed by atoms with Crippen LogP contribution in [0.1, 0.15) is 54.8 Å². The van der Waals surface area contributed by atoms with Gasteiger partial charge in [0.05, 0.1) is 24.7 Å². The lowest BCUT2D eigenvalue weighted by atomic mass is 9.89. The molecule has 1 aliphatic rings. The van der Waals surface area contributed by atoms with E-state index in [4.69, 9.17) is 0 Å². The van der Waals surface area contributed by atoms with E-state index in [1.807, 2.05) is 12.1 Å². The summed E-state index contributed by atoms with van der Waals surface area (Å²) in [6.07, 6.45) is -3.19. The number of ether oxygens (including phenoxy) is 1. The van der Waals surface area contributed by atoms with Crippen molar-refractivity contribution in [2.45, 2.75) is 31.4 Å². The zero-order valence-corrected chi connectivity index (χ0v) is 20.8. The van der Waals surface area contributed by atoms with Gasteiger partial charge in [0.15, 0.2) is 0 Å². The van der Waals surface area contributed by atoms with E-state index in [0.29, 0.717) is 36.5 Å². The SMILES string of the molecule is COC(=O)c1ccc(CC(=O)Nc2ccc(C3CCN(C(=O)c4ccccc4C(F)(F)F)CC3)cc2)s1. The first kappa shape index (κ1) is 26.4. The highest BCUT2D eigenvalue weighted by molar-refractivity contribution is 7.14. The second-order valence-corrected chi connectivity index (χ2v) is 9.88. The van der Waals surface area contributed by atoms with Crippen molar-refractivity contribution in [2.75, 3.05) is 25.5 Å². The summed E-state index contributed by atoms with van der Waals surface area (Å²) >= 11 is 1.21. The fourth-order valence-corrected chi connectivity index (χ4v) is 5.31. The molecule has 1 aromatic heterocycles. The molecule has 0 atom stereocenters. The Morgan fingerprint density at radius 2 is 1.68 bits per heavy atom. The molecule has 194 valence electrons. The van der Waals surface area contributed by atoms with E-state index >= 15 is 0 Å². The predicted molar refractivity (Wildman–Crippen MR) is 134 cm³/mol. The number of carbonyl (C=O) groups is 3. The van der Waals surface area contributed by atoms with Crippen molar-refractivity contribution < 1.29 is 32.3 Å². The average Bonchev–Trinajstić information content (AvgIpc) is 3.36. The number of piperidine rings is 1. The summed E-state index contributed by atoms with van der Waals surface area (Å²) in [7, 11) is 1.30. The first-order valence-electron chi connectivity index (χ1n) is 11.7. The molecule has 2 heterocycles. The third-order valence-corrected chi connectivity index (χ3v) is 7.36. The number of alkyl halides is 3. The number of hydrogen-bond acceptors (Lipinski definition) is 5. The van der Waals surface area contributed by atoms with Crippen LogP contribution in [-0.2, 0) is 22.1 Å². The third kappa shape index (κ3) is 6.37. The number of amides is 2. The Kier molecular flexibility index (Phi) is 7.97. The number of esters is 1. The highest BCUT2D eigenvalue weighted by atomic mass is 32.1. The molecular weight excluding hydrogens is 505 g/mol. The first-order chi connectivity index (χ1) is 17.7. The molecule has 1 fully saturated rings. The lowest BCUT2D eigenvalue weighted by Gasteiger charge is -2.33. The molecule has 6 nitrogen and oxygen atoms in total. The van der Waals surface area contributed by atoms with E-state index in [0.717, 1.165) is 16.5 Å². The lowest BCUT2D eigenvalue weighted by Crippen LogP contribution is -2.38. The maximum Gasteiger partial charge on any atom is 0.417 e. The molecule has 37 heavy (non-hydrogen) atoms. The Bertz CT molecular complexity index is 1280. The molecule has 1 aliphatic heterocycles. The van der Waals surface area contributed by atoms with E-state index in [9.17, 15) is 27.6 Å². The van der Waals surface area contributed by atoms with Gasteiger partial charge in [-0.2, -0.15) is 13.2 Å². The molecule has 0 unspecified atom stereocenters. The number of nitrogens with zero attached hydrogens (tertiary/aromatic N) is 1. The van der Waals surface area contributed by atoms with Crippen molar-refractivity contribution in [3.63, 3.8) is 0 Å². The molecule has 4 rings (SSSR count). The summed E-state index contributed by atoms with van der Waals surface area (Å²) in [5.41, 5.74) is 0.442. The number of benzene rings is 2. The van der Waals surface area contributed by atoms with Crippen LogP contribution in [0.4, 0.5) is 18.9 Å². The molecule has 3 aromatic rings. The van der Waals surface area contributed by atoms with Crippen molar-refractivity contribution in [1.82, 2.24) is 4.90 Å². The topological polar surface area (TPSA) is 75.7 Å². The van der Waals surface area contributed by atoms with E-state index in [-0.39, 0.29) is 23.8 Å². The van der Waals surface area contributed by atoms with Gasteiger partial charge in [0, 0.05) is 23.7 Å². The smallest absolute Gasteiger partial charge is 0.417 e. The number of methoxy groups -OCH3 is 1. The van der Waals surface area contributed by atoms with Crippen LogP contribution in [0.2, 0.25) is 0 Å². The number of anilines is 1. The molecule has 0 aliphatic carbocycles. The number of rotatable bonds is 6. The van der Waals surface area contributed by atoms with Gasteiger partial charge in [-0.3, -0.25) is 9.59 Å². The van der Waals surface area contributed by atoms with Gasteiger partial charge in [0.2, 0.25) is 5.91 Å². The third-order valence-electron chi connectivity index (χ3n) is 6.29. The van der Waals surface area contributed by atoms with E-state index in [1.54, 1.807) is 24.3 Å². The van der Waals surface area contributed by atoms with Crippen LogP contribution in [-0.4, -0.2) is 42.9 Å². The summed E-state index contributed by atoms with van der Waals surface area (Å²) in [6.45, 7) is 0.727. The Balaban J connectivity index is 1.31. The minimum absolute atomic E-state index is 0.132. The first-order valence-corrected chi connectivity index (χ1v) is 12.5. The molecule has 2 aromatic carbocycles. The van der Waals surface area contributed by atoms with Crippen LogP contribution in [0, 0.1) is 0 Å². The zero-order chi connectivity index (χ0) is 26.6. The van der Waals surface area contributed by atoms with Crippen LogP contribution in [0.15, 0.2) is 60.7 Å². The lowest BCUT2D eigenvalue weighted by molar-refractivity contribution is -0.138. The molecule has 0 radical (unpaired) electrons. The standard InChI is InChI=1S/C27H25F3N2O4S/c1-36-26(35)23-11-10-20(37-23)16-24(33)31-19-8-6-17(7-9-19)18-12-14-32(15-13-18)25(34)21-4-2-3-5-22(21)27(28,29)30/h2-11,18H,12-16H2,1H3,(H,31,33). The van der Waals surface area contributed by atoms with Gasteiger partial charge in [-0.1, -0.05) is 24.3 Å². The molecule has 0 spiro atoms. The summed E-state index contributed by atoms with van der Waals surface area (Å²) < 4.78 is 44.6. The van der Waals surface area contributed by atoms with Crippen molar-refractivity contribution >= 4 is 34.8 Å². The zero-order valence-electron chi connectivity index (χ0n) is 20.0. The van der Waals surface area contributed by atoms with E-state index < -0.39 is 23.6 Å². The number of nitrogens with one attached hydrogen (secondary N) is 1. The number of likely N-dealkylation sites (tertiary alicyclic amines) is 1. The van der Waals surface area contributed by atoms with Crippen molar-refractivity contribution in [3.05, 3.63) is 87.1 Å². The average molecular weight is 531 g/mol. The number of carbonyl (C=O) groups excluding carboxylic acids is 3. The number of thiophene rings is 1. The second-order valence-electron chi connectivity index (χ2n) is 8.71. The summed E-state index contributed by atoms with van der Waals surface area (Å²) in [6, 6.07) is 15.7. The van der Waals surface area contributed by atoms with Gasteiger partial charge >= 0.3 is 12.1 Å². The minimum atomic E-state index is -4.59. The maximum absolute atomic E-state index is 13.3. The van der Waals surface area contributed by atoms with Crippen molar-refractivity contribution in [1.29, 1.82) is 0 Å². The highest BCUT2D eigenvalue weighted by Crippen LogP contribution is 2.34. The molecular formula is C27H25F3N2O4S. The van der Waals surface area contributed by atoms with Crippen LogP contribution >= 0.6 is 11.3 Å². The Morgan fingerprint density at radius 3 is 2.32 bits per heavy atom. The Labute approximate surface area is 216 Å². The maximum atomic E-state index is 13.3. The molecule has 0 saturated carbocycles. The number of hydrogen-bond donors (Lipinski definition) is 1. The normalized spacial score (nSPS) is 14.3. The largest absolute Gasteiger partial charge is 0.465 e. The predicted octanol–water partition coefficient (Wildman–Crippen LogP) is 5.75. The van der Waals surface area contributed by atoms with Crippen molar-refractivity contribution in [2.24, 2.45) is 0 Å². The molecule has 2 amide bonds. The Hall–Kier alpha value is -3.66. The Morgan fingerprint density at radius 1 is 1.00 bits per heavy atom. The van der Waals surface area contributed by atoms with E-state index in [2.05, 4.69) is 10.1 Å². The van der Waals surface area contributed by atoms with Crippen LogP contribution in [0.3, 0.4) is 0 Å². The van der Waals surface area contributed by atoms with Crippen LogP contribution in [0.25, 0.3) is 0 Å². The van der Waals surface area contributed by atoms with Gasteiger partial charge in [0.25, 0.3) is 5.91 Å². The van der Waals surface area contributed by atoms with Crippen molar-refractivity contribution in [3.8, 4) is 0 Å².